The molecule has 0 unspecified atom stereocenters. The molecule has 12 N–H and O–H groups in total. The third-order valence-corrected chi connectivity index (χ3v) is 2.36. The number of hydrogen-bond acceptors (Lipinski definition) is 8. The molecule has 108 valence electrons. The van der Waals surface area contributed by atoms with Crippen molar-refractivity contribution in [1.29, 1.82) is 0 Å². The lowest BCUT2D eigenvalue weighted by Crippen LogP contribution is -2.43. The lowest BCUT2D eigenvalue weighted by Gasteiger charge is -2.19. The monoisotopic (exact) mass is 276 g/mol. The molecule has 0 saturated heterocycles. The van der Waals surface area contributed by atoms with Crippen LogP contribution in [-0.4, -0.2) is 44.2 Å². The molecule has 0 bridgehead atoms. The van der Waals surface area contributed by atoms with Gasteiger partial charge in [-0.15, -0.1) is 0 Å². The SMILES string of the molecule is NC(=NO)C(CC(C(N)=NO)C(N)=NO)C(N)=NO. The van der Waals surface area contributed by atoms with Gasteiger partial charge in [-0.05, 0) is 6.42 Å². The first-order chi connectivity index (χ1) is 8.92. The topological polar surface area (TPSA) is 234 Å². The smallest absolute Gasteiger partial charge is 0.150 e. The first-order valence-corrected chi connectivity index (χ1v) is 4.82. The van der Waals surface area contributed by atoms with E-state index in [2.05, 4.69) is 20.6 Å². The summed E-state index contributed by atoms with van der Waals surface area (Å²) in [5.41, 5.74) is 21.5. The maximum atomic E-state index is 8.60. The summed E-state index contributed by atoms with van der Waals surface area (Å²) >= 11 is 0. The molecule has 0 spiro atoms. The molecular formula is C7H16N8O4. The molecular weight excluding hydrogens is 260 g/mol. The largest absolute Gasteiger partial charge is 0.409 e. The van der Waals surface area contributed by atoms with Gasteiger partial charge in [0.15, 0.2) is 0 Å². The average molecular weight is 276 g/mol. The van der Waals surface area contributed by atoms with E-state index in [1.54, 1.807) is 0 Å². The van der Waals surface area contributed by atoms with E-state index in [0.29, 0.717) is 0 Å². The van der Waals surface area contributed by atoms with Crippen molar-refractivity contribution >= 4 is 23.3 Å². The Balaban J connectivity index is 5.39. The zero-order chi connectivity index (χ0) is 15.0. The average Bonchev–Trinajstić information content (AvgIpc) is 2.45. The molecule has 0 aliphatic carbocycles. The van der Waals surface area contributed by atoms with Gasteiger partial charge in [-0.2, -0.15) is 0 Å². The lowest BCUT2D eigenvalue weighted by atomic mass is 9.91. The summed E-state index contributed by atoms with van der Waals surface area (Å²) in [7, 11) is 0. The van der Waals surface area contributed by atoms with Crippen LogP contribution in [0.2, 0.25) is 0 Å². The normalized spacial score (nSPS) is 18.1. The Kier molecular flexibility index (Phi) is 6.27. The summed E-state index contributed by atoms with van der Waals surface area (Å²) in [6.45, 7) is 0. The predicted octanol–water partition coefficient (Wildman–Crippen LogP) is -2.41. The molecule has 0 radical (unpaired) electrons. The molecule has 12 nitrogen and oxygen atoms in total. The minimum Gasteiger partial charge on any atom is -0.409 e. The second-order valence-electron chi connectivity index (χ2n) is 3.44. The number of oxime groups is 4. The second-order valence-corrected chi connectivity index (χ2v) is 3.44. The molecule has 0 rings (SSSR count). The maximum absolute atomic E-state index is 8.60. The van der Waals surface area contributed by atoms with Crippen LogP contribution in [0.5, 0.6) is 0 Å². The Morgan fingerprint density at radius 2 is 0.842 bits per heavy atom. The summed E-state index contributed by atoms with van der Waals surface area (Å²) in [5.74, 6) is -3.71. The van der Waals surface area contributed by atoms with Crippen molar-refractivity contribution in [2.45, 2.75) is 6.42 Å². The van der Waals surface area contributed by atoms with Crippen LogP contribution in [0.25, 0.3) is 0 Å². The van der Waals surface area contributed by atoms with E-state index < -0.39 is 35.2 Å². The van der Waals surface area contributed by atoms with Crippen molar-refractivity contribution in [1.82, 2.24) is 0 Å². The number of nitrogens with two attached hydrogens (primary N) is 4. The molecule has 0 atom stereocenters. The second kappa shape index (κ2) is 7.41. The molecule has 12 heteroatoms. The third-order valence-electron chi connectivity index (χ3n) is 2.36. The molecule has 0 aliphatic heterocycles. The molecule has 0 amide bonds. The van der Waals surface area contributed by atoms with Crippen LogP contribution >= 0.6 is 0 Å². The molecule has 0 aromatic heterocycles. The summed E-state index contributed by atoms with van der Waals surface area (Å²) in [6.07, 6.45) is -0.211. The number of amidine groups is 4. The highest BCUT2D eigenvalue weighted by Crippen LogP contribution is 2.14. The Morgan fingerprint density at radius 1 is 0.632 bits per heavy atom. The van der Waals surface area contributed by atoms with Crippen molar-refractivity contribution in [2.75, 3.05) is 0 Å². The van der Waals surface area contributed by atoms with Crippen LogP contribution in [0.3, 0.4) is 0 Å². The highest BCUT2D eigenvalue weighted by molar-refractivity contribution is 6.07. The van der Waals surface area contributed by atoms with Crippen molar-refractivity contribution in [3.05, 3.63) is 0 Å². The fourth-order valence-electron chi connectivity index (χ4n) is 1.30. The zero-order valence-electron chi connectivity index (χ0n) is 9.75. The quantitative estimate of drug-likeness (QED) is 0.112. The predicted molar refractivity (Wildman–Crippen MR) is 65.2 cm³/mol. The van der Waals surface area contributed by atoms with Crippen LogP contribution in [0, 0.1) is 11.8 Å². The minimum absolute atomic E-state index is 0.211. The van der Waals surface area contributed by atoms with E-state index >= 15 is 0 Å². The summed E-state index contributed by atoms with van der Waals surface area (Å²) < 4.78 is 0. The highest BCUT2D eigenvalue weighted by Gasteiger charge is 2.29. The Bertz CT molecular complexity index is 343. The van der Waals surface area contributed by atoms with E-state index in [-0.39, 0.29) is 6.42 Å². The molecule has 0 saturated carbocycles. The van der Waals surface area contributed by atoms with Gasteiger partial charge >= 0.3 is 0 Å². The number of hydrogen-bond donors (Lipinski definition) is 8. The summed E-state index contributed by atoms with van der Waals surface area (Å²) in [4.78, 5) is 0. The van der Waals surface area contributed by atoms with Gasteiger partial charge in [-0.3, -0.25) is 0 Å². The minimum atomic E-state index is -1.07. The van der Waals surface area contributed by atoms with E-state index in [0.717, 1.165) is 0 Å². The zero-order valence-corrected chi connectivity index (χ0v) is 9.75. The van der Waals surface area contributed by atoms with Gasteiger partial charge in [0.1, 0.15) is 23.3 Å². The fourth-order valence-corrected chi connectivity index (χ4v) is 1.30. The van der Waals surface area contributed by atoms with Crippen molar-refractivity contribution in [3.63, 3.8) is 0 Å². The van der Waals surface area contributed by atoms with Gasteiger partial charge < -0.3 is 43.8 Å². The first kappa shape index (κ1) is 16.1. The Morgan fingerprint density at radius 3 is 1.00 bits per heavy atom. The molecule has 0 heterocycles. The van der Waals surface area contributed by atoms with Crippen LogP contribution < -0.4 is 22.9 Å². The van der Waals surface area contributed by atoms with E-state index in [1.807, 2.05) is 0 Å². The molecule has 0 aliphatic rings. The molecule has 0 aromatic rings. The van der Waals surface area contributed by atoms with E-state index in [4.69, 9.17) is 43.8 Å². The number of nitrogens with zero attached hydrogens (tertiary/aromatic N) is 4. The Labute approximate surface area is 107 Å². The van der Waals surface area contributed by atoms with Gasteiger partial charge in [-0.25, -0.2) is 0 Å². The van der Waals surface area contributed by atoms with Gasteiger partial charge in [-0.1, -0.05) is 20.6 Å². The van der Waals surface area contributed by atoms with Crippen LogP contribution in [0.1, 0.15) is 6.42 Å². The maximum Gasteiger partial charge on any atom is 0.150 e. The van der Waals surface area contributed by atoms with E-state index in [1.165, 1.54) is 0 Å². The van der Waals surface area contributed by atoms with Gasteiger partial charge in [0, 0.05) is 0 Å². The lowest BCUT2D eigenvalue weighted by molar-refractivity contribution is 0.306. The summed E-state index contributed by atoms with van der Waals surface area (Å²) in [5, 5.41) is 45.3. The highest BCUT2D eigenvalue weighted by atomic mass is 16.4. The van der Waals surface area contributed by atoms with Crippen molar-refractivity contribution < 1.29 is 20.8 Å². The van der Waals surface area contributed by atoms with Gasteiger partial charge in [0.25, 0.3) is 0 Å². The van der Waals surface area contributed by atoms with Crippen molar-refractivity contribution in [3.8, 4) is 0 Å². The summed E-state index contributed by atoms with van der Waals surface area (Å²) in [6, 6.07) is 0. The Hall–Kier alpha value is -2.92. The van der Waals surface area contributed by atoms with Gasteiger partial charge in [0.05, 0.1) is 11.8 Å². The molecule has 0 fully saturated rings. The van der Waals surface area contributed by atoms with Crippen LogP contribution in [0.4, 0.5) is 0 Å². The fraction of sp³-hybridized carbons (Fsp3) is 0.429. The first-order valence-electron chi connectivity index (χ1n) is 4.82. The van der Waals surface area contributed by atoms with Gasteiger partial charge in [0.2, 0.25) is 0 Å². The molecule has 0 aromatic carbocycles. The standard InChI is InChI=1S/C7H16N8O4/c8-4(12-16)2(5(9)13-17)1-3(6(10)14-18)7(11)15-19/h2-3,16-19H,1H2,(H2,8,12)(H2,9,13)(H2,10,14)(H2,11,15). The van der Waals surface area contributed by atoms with Crippen molar-refractivity contribution in [2.24, 2.45) is 55.4 Å². The number of rotatable bonds is 6. The van der Waals surface area contributed by atoms with Crippen LogP contribution in [0.15, 0.2) is 20.6 Å². The van der Waals surface area contributed by atoms with E-state index in [9.17, 15) is 0 Å². The molecule has 19 heavy (non-hydrogen) atoms. The van der Waals surface area contributed by atoms with Crippen LogP contribution in [-0.2, 0) is 0 Å². The third kappa shape index (κ3) is 4.10.